The van der Waals surface area contributed by atoms with Crippen LogP contribution in [-0.4, -0.2) is 56.5 Å². The summed E-state index contributed by atoms with van der Waals surface area (Å²) in [5, 5.41) is 3.57. The summed E-state index contributed by atoms with van der Waals surface area (Å²) in [5.74, 6) is 0.661. The monoisotopic (exact) mass is 404 g/mol. The van der Waals surface area contributed by atoms with Crippen LogP contribution in [0.25, 0.3) is 0 Å². The highest BCUT2D eigenvalue weighted by Gasteiger charge is 2.31. The molecule has 2 heterocycles. The first-order chi connectivity index (χ1) is 13.7. The fraction of sp³-hybridized carbons (Fsp3) is 0.708. The van der Waals surface area contributed by atoms with Crippen LogP contribution in [0.4, 0.5) is 0 Å². The molecule has 164 valence electrons. The lowest BCUT2D eigenvalue weighted by Gasteiger charge is -2.32. The molecule has 0 radical (unpaired) electrons. The van der Waals surface area contributed by atoms with E-state index in [1.54, 1.807) is 0 Å². The van der Waals surface area contributed by atoms with Crippen LogP contribution in [0.2, 0.25) is 0 Å². The maximum atomic E-state index is 13.2. The molecule has 0 spiro atoms. The van der Waals surface area contributed by atoms with Crippen molar-refractivity contribution < 1.29 is 14.3 Å². The maximum absolute atomic E-state index is 13.2. The summed E-state index contributed by atoms with van der Waals surface area (Å²) in [5.41, 5.74) is 1.23. The number of carbonyl (C=O) groups is 1. The maximum Gasteiger partial charge on any atom is 0.227 e. The molecule has 29 heavy (non-hydrogen) atoms. The van der Waals surface area contributed by atoms with Gasteiger partial charge in [-0.1, -0.05) is 44.7 Å². The number of methoxy groups -OCH3 is 1. The number of hydrogen-bond acceptors (Lipinski definition) is 4. The van der Waals surface area contributed by atoms with E-state index >= 15 is 0 Å². The number of amides is 1. The number of benzene rings is 1. The van der Waals surface area contributed by atoms with Crippen LogP contribution in [0.15, 0.2) is 30.3 Å². The molecular weight excluding hydrogens is 364 g/mol. The molecule has 1 N–H and O–H groups in total. The van der Waals surface area contributed by atoms with Gasteiger partial charge in [0.25, 0.3) is 0 Å². The molecule has 2 aliphatic heterocycles. The Morgan fingerprint density at radius 1 is 1.28 bits per heavy atom. The van der Waals surface area contributed by atoms with Crippen molar-refractivity contribution in [2.45, 2.75) is 65.0 Å². The first-order valence-corrected chi connectivity index (χ1v) is 10.9. The molecular formula is C24H40N2O3. The normalized spacial score (nSPS) is 22.6. The van der Waals surface area contributed by atoms with E-state index in [9.17, 15) is 4.79 Å². The van der Waals surface area contributed by atoms with Crippen LogP contribution >= 0.6 is 0 Å². The zero-order chi connectivity index (χ0) is 19.8. The molecule has 2 aliphatic rings. The lowest BCUT2D eigenvalue weighted by Crippen LogP contribution is -2.43. The zero-order valence-corrected chi connectivity index (χ0v) is 17.4. The van der Waals surface area contributed by atoms with E-state index in [1.807, 2.05) is 18.1 Å². The smallest absolute Gasteiger partial charge is 0.227 e. The van der Waals surface area contributed by atoms with E-state index in [0.29, 0.717) is 18.7 Å². The second-order valence-electron chi connectivity index (χ2n) is 8.34. The number of nitrogens with zero attached hydrogens (tertiary/aromatic N) is 1. The van der Waals surface area contributed by atoms with Gasteiger partial charge in [0.2, 0.25) is 5.91 Å². The summed E-state index contributed by atoms with van der Waals surface area (Å²) in [4.78, 5) is 15.1. The summed E-state index contributed by atoms with van der Waals surface area (Å²) < 4.78 is 11.4. The van der Waals surface area contributed by atoms with Crippen LogP contribution in [0.3, 0.4) is 0 Å². The van der Waals surface area contributed by atoms with Crippen molar-refractivity contribution >= 4 is 5.91 Å². The number of nitrogens with one attached hydrogen (secondary N) is 1. The Morgan fingerprint density at radius 2 is 2.07 bits per heavy atom. The molecule has 2 saturated heterocycles. The molecule has 5 nitrogen and oxygen atoms in total. The van der Waals surface area contributed by atoms with Crippen LogP contribution in [0.1, 0.15) is 52.0 Å². The molecule has 0 aromatic heterocycles. The van der Waals surface area contributed by atoms with Crippen molar-refractivity contribution in [3.63, 3.8) is 0 Å². The third kappa shape index (κ3) is 6.80. The SMILES string of the molecule is C.CO[C@@H]([C@@H]1CCCN1)[C@@H](C)CC[C@@H](Cc1ccccc1)C(=O)N1CCCOC1. The highest BCUT2D eigenvalue weighted by molar-refractivity contribution is 5.79. The van der Waals surface area contributed by atoms with Crippen molar-refractivity contribution in [1.82, 2.24) is 10.2 Å². The van der Waals surface area contributed by atoms with Gasteiger partial charge in [-0.2, -0.15) is 0 Å². The van der Waals surface area contributed by atoms with E-state index < -0.39 is 0 Å². The number of ether oxygens (including phenoxy) is 2. The molecule has 0 unspecified atom stereocenters. The highest BCUT2D eigenvalue weighted by Crippen LogP contribution is 2.26. The molecule has 1 aromatic carbocycles. The van der Waals surface area contributed by atoms with Crippen molar-refractivity contribution in [3.05, 3.63) is 35.9 Å². The Hall–Kier alpha value is -1.43. The minimum Gasteiger partial charge on any atom is -0.380 e. The van der Waals surface area contributed by atoms with E-state index in [-0.39, 0.29) is 25.4 Å². The Kier molecular flexibility index (Phi) is 10.1. The lowest BCUT2D eigenvalue weighted by atomic mass is 9.86. The standard InChI is InChI=1S/C23H36N2O3.CH4/c1-18(22(27-2)21-10-6-13-24-21)11-12-20(16-19-8-4-3-5-9-19)23(26)25-14-7-15-28-17-25;/h3-5,8-9,18,20-22,24H,6-7,10-17H2,1-2H3;1H4/t18-,20-,21-,22+;/m0./s1. The zero-order valence-electron chi connectivity index (χ0n) is 17.4. The molecule has 5 heteroatoms. The van der Waals surface area contributed by atoms with E-state index in [4.69, 9.17) is 9.47 Å². The third-order valence-electron chi connectivity index (χ3n) is 6.25. The first-order valence-electron chi connectivity index (χ1n) is 10.9. The molecule has 0 bridgehead atoms. The molecule has 4 atom stereocenters. The molecule has 2 fully saturated rings. The molecule has 1 amide bonds. The third-order valence-corrected chi connectivity index (χ3v) is 6.25. The van der Waals surface area contributed by atoms with E-state index in [1.165, 1.54) is 18.4 Å². The van der Waals surface area contributed by atoms with Crippen LogP contribution < -0.4 is 5.32 Å². The Balaban J connectivity index is 0.00000300. The average Bonchev–Trinajstić information content (AvgIpc) is 3.27. The van der Waals surface area contributed by atoms with E-state index in [0.717, 1.165) is 45.4 Å². The van der Waals surface area contributed by atoms with Crippen molar-refractivity contribution in [2.75, 3.05) is 33.5 Å². The minimum absolute atomic E-state index is 0. The fourth-order valence-corrected chi connectivity index (χ4v) is 4.65. The predicted molar refractivity (Wildman–Crippen MR) is 118 cm³/mol. The van der Waals surface area contributed by atoms with Gasteiger partial charge in [-0.05, 0) is 56.6 Å². The van der Waals surface area contributed by atoms with E-state index in [2.05, 4.69) is 36.5 Å². The first kappa shape index (κ1) is 23.8. The molecule has 3 rings (SSSR count). The average molecular weight is 405 g/mol. The van der Waals surface area contributed by atoms with Crippen LogP contribution in [0.5, 0.6) is 0 Å². The highest BCUT2D eigenvalue weighted by atomic mass is 16.5. The van der Waals surface area contributed by atoms with Gasteiger partial charge in [-0.25, -0.2) is 0 Å². The van der Waals surface area contributed by atoms with Crippen LogP contribution in [0, 0.1) is 11.8 Å². The lowest BCUT2D eigenvalue weighted by molar-refractivity contribution is -0.145. The van der Waals surface area contributed by atoms with Crippen molar-refractivity contribution in [2.24, 2.45) is 11.8 Å². The summed E-state index contributed by atoms with van der Waals surface area (Å²) in [7, 11) is 1.82. The largest absolute Gasteiger partial charge is 0.380 e. The summed E-state index contributed by atoms with van der Waals surface area (Å²) >= 11 is 0. The molecule has 0 saturated carbocycles. The van der Waals surface area contributed by atoms with Crippen molar-refractivity contribution in [1.29, 1.82) is 0 Å². The topological polar surface area (TPSA) is 50.8 Å². The van der Waals surface area contributed by atoms with Gasteiger partial charge in [0.15, 0.2) is 0 Å². The second kappa shape index (κ2) is 12.3. The number of hydrogen-bond donors (Lipinski definition) is 1. The van der Waals surface area contributed by atoms with Gasteiger partial charge in [0.1, 0.15) is 6.73 Å². The van der Waals surface area contributed by atoms with Gasteiger partial charge < -0.3 is 19.7 Å². The number of rotatable bonds is 9. The fourth-order valence-electron chi connectivity index (χ4n) is 4.65. The minimum atomic E-state index is 0. The van der Waals surface area contributed by atoms with Gasteiger partial charge >= 0.3 is 0 Å². The summed E-state index contributed by atoms with van der Waals surface area (Å²) in [6.45, 7) is 5.36. The molecule has 1 aromatic rings. The van der Waals surface area contributed by atoms with Crippen LogP contribution in [-0.2, 0) is 20.7 Å². The summed E-state index contributed by atoms with van der Waals surface area (Å²) in [6.07, 6.45) is 6.23. The molecule has 0 aliphatic carbocycles. The van der Waals surface area contributed by atoms with Gasteiger partial charge in [0.05, 0.1) is 12.7 Å². The van der Waals surface area contributed by atoms with Crippen molar-refractivity contribution in [3.8, 4) is 0 Å². The van der Waals surface area contributed by atoms with Gasteiger partial charge in [-0.3, -0.25) is 4.79 Å². The quantitative estimate of drug-likeness (QED) is 0.679. The summed E-state index contributed by atoms with van der Waals surface area (Å²) in [6, 6.07) is 10.8. The second-order valence-corrected chi connectivity index (χ2v) is 8.34. The number of carbonyl (C=O) groups excluding carboxylic acids is 1. The Morgan fingerprint density at radius 3 is 2.69 bits per heavy atom. The predicted octanol–water partition coefficient (Wildman–Crippen LogP) is 3.87. The Labute approximate surface area is 177 Å². The van der Waals surface area contributed by atoms with Gasteiger partial charge in [-0.15, -0.1) is 0 Å². The Bertz CT molecular complexity index is 583. The van der Waals surface area contributed by atoms with Gasteiger partial charge in [0, 0.05) is 25.6 Å².